The highest BCUT2D eigenvalue weighted by Gasteiger charge is 2.33. The van der Waals surface area contributed by atoms with E-state index in [-0.39, 0.29) is 17.0 Å². The maximum Gasteiger partial charge on any atom is 0.266 e. The molecule has 2 aromatic rings. The molecular formula is C25H29N3O. The zero-order valence-corrected chi connectivity index (χ0v) is 17.9. The predicted octanol–water partition coefficient (Wildman–Crippen LogP) is 5.52. The number of aryl methyl sites for hydroxylation is 1. The minimum absolute atomic E-state index is 0.105. The molecule has 1 atom stereocenters. The molecular weight excluding hydrogens is 358 g/mol. The number of carbonyl (C=O) groups is 1. The fraction of sp³-hybridized carbons (Fsp3) is 0.360. The number of nitrogens with one attached hydrogen (secondary N) is 1. The van der Waals surface area contributed by atoms with Gasteiger partial charge >= 0.3 is 0 Å². The maximum absolute atomic E-state index is 12.7. The van der Waals surface area contributed by atoms with Crippen molar-refractivity contribution >= 4 is 23.4 Å². The Morgan fingerprint density at radius 1 is 1.31 bits per heavy atom. The summed E-state index contributed by atoms with van der Waals surface area (Å²) in [6, 6.07) is 15.9. The number of hydrogen-bond donors (Lipinski definition) is 1. The third kappa shape index (κ3) is 4.19. The SMILES string of the molecule is CCc1ccccc1NC(=O)/C(C#N)=C\c1ccc2c(c1)[C@@H](C)CC(C)(C)N2C. The quantitative estimate of drug-likeness (QED) is 0.555. The second-order valence-electron chi connectivity index (χ2n) is 8.43. The molecule has 1 aliphatic rings. The molecule has 150 valence electrons. The molecule has 1 N–H and O–H groups in total. The van der Waals surface area contributed by atoms with Crippen LogP contribution in [0.3, 0.4) is 0 Å². The molecule has 0 fully saturated rings. The molecule has 0 aromatic heterocycles. The molecule has 0 bridgehead atoms. The number of hydrogen-bond acceptors (Lipinski definition) is 3. The number of fused-ring (bicyclic) bond motifs is 1. The van der Waals surface area contributed by atoms with Gasteiger partial charge in [-0.15, -0.1) is 0 Å². The minimum atomic E-state index is -0.377. The Labute approximate surface area is 173 Å². The maximum atomic E-state index is 12.7. The van der Waals surface area contributed by atoms with E-state index < -0.39 is 0 Å². The van der Waals surface area contributed by atoms with Gasteiger partial charge in [0.15, 0.2) is 0 Å². The van der Waals surface area contributed by atoms with Gasteiger partial charge in [-0.3, -0.25) is 4.79 Å². The molecule has 0 saturated heterocycles. The van der Waals surface area contributed by atoms with Crippen molar-refractivity contribution in [2.24, 2.45) is 0 Å². The van der Waals surface area contributed by atoms with Crippen LogP contribution in [0.4, 0.5) is 11.4 Å². The summed E-state index contributed by atoms with van der Waals surface area (Å²) < 4.78 is 0. The number of nitrogens with zero attached hydrogens (tertiary/aromatic N) is 2. The Bertz CT molecular complexity index is 997. The molecule has 0 aliphatic carbocycles. The van der Waals surface area contributed by atoms with Gasteiger partial charge < -0.3 is 10.2 Å². The molecule has 1 amide bonds. The van der Waals surface area contributed by atoms with Crippen molar-refractivity contribution in [3.05, 3.63) is 64.7 Å². The van der Waals surface area contributed by atoms with Gasteiger partial charge in [-0.05, 0) is 73.6 Å². The number of benzene rings is 2. The van der Waals surface area contributed by atoms with Crippen molar-refractivity contribution in [3.63, 3.8) is 0 Å². The molecule has 1 heterocycles. The van der Waals surface area contributed by atoms with Gasteiger partial charge in [-0.2, -0.15) is 5.26 Å². The van der Waals surface area contributed by atoms with E-state index >= 15 is 0 Å². The minimum Gasteiger partial charge on any atom is -0.369 e. The number of rotatable bonds is 4. The van der Waals surface area contributed by atoms with Crippen LogP contribution in [0.25, 0.3) is 6.08 Å². The highest BCUT2D eigenvalue weighted by Crippen LogP contribution is 2.42. The van der Waals surface area contributed by atoms with Crippen LogP contribution >= 0.6 is 0 Å². The van der Waals surface area contributed by atoms with Gasteiger partial charge in [0.25, 0.3) is 5.91 Å². The van der Waals surface area contributed by atoms with Gasteiger partial charge in [-0.1, -0.05) is 38.1 Å². The van der Waals surface area contributed by atoms with Crippen LogP contribution in [0.1, 0.15) is 56.7 Å². The Morgan fingerprint density at radius 3 is 2.72 bits per heavy atom. The van der Waals surface area contributed by atoms with Crippen LogP contribution in [0.2, 0.25) is 0 Å². The van der Waals surface area contributed by atoms with E-state index in [1.54, 1.807) is 6.08 Å². The lowest BCUT2D eigenvalue weighted by Gasteiger charge is -2.45. The van der Waals surface area contributed by atoms with E-state index in [0.29, 0.717) is 5.92 Å². The average molecular weight is 388 g/mol. The third-order valence-electron chi connectivity index (χ3n) is 5.98. The van der Waals surface area contributed by atoms with Crippen molar-refractivity contribution in [3.8, 4) is 6.07 Å². The molecule has 1 aliphatic heterocycles. The Hall–Kier alpha value is -3.06. The largest absolute Gasteiger partial charge is 0.369 e. The first-order chi connectivity index (χ1) is 13.8. The second kappa shape index (κ2) is 8.13. The number of anilines is 2. The van der Waals surface area contributed by atoms with Crippen LogP contribution < -0.4 is 10.2 Å². The fourth-order valence-electron chi connectivity index (χ4n) is 4.14. The van der Waals surface area contributed by atoms with Crippen LogP contribution in [-0.2, 0) is 11.2 Å². The van der Waals surface area contributed by atoms with Crippen molar-refractivity contribution in [2.45, 2.75) is 52.0 Å². The summed E-state index contributed by atoms with van der Waals surface area (Å²) in [5.74, 6) is 0.0396. The second-order valence-corrected chi connectivity index (χ2v) is 8.43. The molecule has 4 nitrogen and oxygen atoms in total. The highest BCUT2D eigenvalue weighted by molar-refractivity contribution is 6.10. The standard InChI is InChI=1S/C25H29N3O/c1-6-19-9-7-8-10-22(19)27-24(29)20(16-26)13-18-11-12-23-21(14-18)17(2)15-25(3,4)28(23)5/h7-14,17H,6,15H2,1-5H3,(H,27,29)/b20-13-/t17-/m0/s1. The van der Waals surface area contributed by atoms with E-state index in [9.17, 15) is 10.1 Å². The molecule has 4 heteroatoms. The lowest BCUT2D eigenvalue weighted by Crippen LogP contribution is -2.45. The Kier molecular flexibility index (Phi) is 5.79. The number of amides is 1. The van der Waals surface area contributed by atoms with E-state index in [0.717, 1.165) is 29.7 Å². The molecule has 29 heavy (non-hydrogen) atoms. The van der Waals surface area contributed by atoms with Crippen LogP contribution in [-0.4, -0.2) is 18.5 Å². The summed E-state index contributed by atoms with van der Waals surface area (Å²) in [5.41, 5.74) is 5.36. The van der Waals surface area contributed by atoms with Gasteiger partial charge in [0.1, 0.15) is 11.6 Å². The summed E-state index contributed by atoms with van der Waals surface area (Å²) >= 11 is 0. The van der Waals surface area contributed by atoms with E-state index in [1.165, 1.54) is 11.3 Å². The molecule has 0 saturated carbocycles. The summed E-state index contributed by atoms with van der Waals surface area (Å²) in [6.45, 7) is 8.79. The molecule has 3 rings (SSSR count). The Balaban J connectivity index is 1.89. The molecule has 0 unspecified atom stereocenters. The summed E-state index contributed by atoms with van der Waals surface area (Å²) in [6.07, 6.45) is 3.55. The number of para-hydroxylation sites is 1. The summed E-state index contributed by atoms with van der Waals surface area (Å²) in [5, 5.41) is 12.5. The summed E-state index contributed by atoms with van der Waals surface area (Å²) in [7, 11) is 2.12. The van der Waals surface area contributed by atoms with Crippen LogP contribution in [0.15, 0.2) is 48.0 Å². The lowest BCUT2D eigenvalue weighted by molar-refractivity contribution is -0.112. The third-order valence-corrected chi connectivity index (χ3v) is 5.98. The monoisotopic (exact) mass is 387 g/mol. The molecule has 0 radical (unpaired) electrons. The van der Waals surface area contributed by atoms with Crippen molar-refractivity contribution in [1.29, 1.82) is 5.26 Å². The summed E-state index contributed by atoms with van der Waals surface area (Å²) in [4.78, 5) is 15.0. The van der Waals surface area contributed by atoms with Crippen LogP contribution in [0.5, 0.6) is 0 Å². The number of carbonyl (C=O) groups excluding carboxylic acids is 1. The van der Waals surface area contributed by atoms with Crippen molar-refractivity contribution in [2.75, 3.05) is 17.3 Å². The topological polar surface area (TPSA) is 56.1 Å². The van der Waals surface area contributed by atoms with Gasteiger partial charge in [-0.25, -0.2) is 0 Å². The highest BCUT2D eigenvalue weighted by atomic mass is 16.1. The van der Waals surface area contributed by atoms with E-state index in [2.05, 4.69) is 56.2 Å². The predicted molar refractivity (Wildman–Crippen MR) is 120 cm³/mol. The van der Waals surface area contributed by atoms with Crippen molar-refractivity contribution in [1.82, 2.24) is 0 Å². The zero-order valence-electron chi connectivity index (χ0n) is 17.9. The van der Waals surface area contributed by atoms with Gasteiger partial charge in [0.05, 0.1) is 0 Å². The van der Waals surface area contributed by atoms with Gasteiger partial charge in [0.2, 0.25) is 0 Å². The smallest absolute Gasteiger partial charge is 0.266 e. The Morgan fingerprint density at radius 2 is 2.03 bits per heavy atom. The van der Waals surface area contributed by atoms with Gasteiger partial charge in [0, 0.05) is 24.0 Å². The first-order valence-electron chi connectivity index (χ1n) is 10.2. The van der Waals surface area contributed by atoms with E-state index in [1.807, 2.05) is 37.3 Å². The fourth-order valence-corrected chi connectivity index (χ4v) is 4.14. The molecule has 2 aromatic carbocycles. The molecule has 0 spiro atoms. The van der Waals surface area contributed by atoms with E-state index in [4.69, 9.17) is 0 Å². The zero-order chi connectivity index (χ0) is 21.2. The lowest BCUT2D eigenvalue weighted by atomic mass is 9.80. The average Bonchev–Trinajstić information content (AvgIpc) is 2.70. The first kappa shape index (κ1) is 20.7. The first-order valence-corrected chi connectivity index (χ1v) is 10.2. The number of nitriles is 1. The normalized spacial score (nSPS) is 18.0. The van der Waals surface area contributed by atoms with Crippen LogP contribution in [0, 0.1) is 11.3 Å². The van der Waals surface area contributed by atoms with Crippen molar-refractivity contribution < 1.29 is 4.79 Å².